The Morgan fingerprint density at radius 2 is 1.46 bits per heavy atom. The molecule has 1 rings (SSSR count). The highest BCUT2D eigenvalue weighted by Crippen LogP contribution is 2.20. The van der Waals surface area contributed by atoms with Gasteiger partial charge in [-0.05, 0) is 46.8 Å². The van der Waals surface area contributed by atoms with Gasteiger partial charge in [-0.2, -0.15) is 0 Å². The first-order valence-electron chi connectivity index (χ1n) is 4.57. The van der Waals surface area contributed by atoms with E-state index in [1.54, 1.807) is 0 Å². The van der Waals surface area contributed by atoms with Gasteiger partial charge >= 0.3 is 0 Å². The van der Waals surface area contributed by atoms with Gasteiger partial charge in [-0.3, -0.25) is 0 Å². The summed E-state index contributed by atoms with van der Waals surface area (Å²) in [6.07, 6.45) is 5.41. The predicted molar refractivity (Wildman–Crippen MR) is 63.3 cm³/mol. The van der Waals surface area contributed by atoms with Crippen LogP contribution in [0.15, 0.2) is 0 Å². The van der Waals surface area contributed by atoms with Gasteiger partial charge in [0.2, 0.25) is 0 Å². The van der Waals surface area contributed by atoms with Crippen molar-refractivity contribution in [3.63, 3.8) is 0 Å². The molecular weight excluding hydrogens is 207 g/mol. The third-order valence-electron chi connectivity index (χ3n) is 2.84. The molecule has 0 spiro atoms. The topological polar surface area (TPSA) is 15.3 Å². The summed E-state index contributed by atoms with van der Waals surface area (Å²) in [6, 6.07) is 1.62. The molecule has 0 aliphatic heterocycles. The lowest BCUT2D eigenvalue weighted by molar-refractivity contribution is 0.208. The number of nitrogens with one attached hydrogen (secondary N) is 1. The summed E-state index contributed by atoms with van der Waals surface area (Å²) < 4.78 is 0. The van der Waals surface area contributed by atoms with E-state index < -0.39 is 0 Å². The second-order valence-electron chi connectivity index (χ2n) is 3.76. The van der Waals surface area contributed by atoms with Crippen molar-refractivity contribution >= 4 is 24.8 Å². The minimum atomic E-state index is 0. The Kier molecular flexibility index (Phi) is 9.65. The van der Waals surface area contributed by atoms with Crippen LogP contribution in [0.5, 0.6) is 0 Å². The van der Waals surface area contributed by atoms with Crippen molar-refractivity contribution < 1.29 is 0 Å². The zero-order valence-corrected chi connectivity index (χ0v) is 10.4. The second kappa shape index (κ2) is 7.86. The molecule has 0 aromatic carbocycles. The Bertz CT molecular complexity index is 112. The van der Waals surface area contributed by atoms with Crippen molar-refractivity contribution in [1.82, 2.24) is 10.2 Å². The van der Waals surface area contributed by atoms with E-state index in [1.807, 2.05) is 0 Å². The highest BCUT2D eigenvalue weighted by atomic mass is 35.5. The maximum absolute atomic E-state index is 3.34. The standard InChI is InChI=1S/C9H20N2.2ClH/c1-10-8-4-6-9(7-5-8)11(2)3;;/h8-10H,4-7H2,1-3H3;2*1H. The van der Waals surface area contributed by atoms with Gasteiger partial charge in [-0.15, -0.1) is 24.8 Å². The molecule has 1 aliphatic carbocycles. The van der Waals surface area contributed by atoms with Crippen molar-refractivity contribution in [2.75, 3.05) is 21.1 Å². The lowest BCUT2D eigenvalue weighted by Gasteiger charge is -2.32. The summed E-state index contributed by atoms with van der Waals surface area (Å²) >= 11 is 0. The SMILES string of the molecule is CNC1CCC(N(C)C)CC1.Cl.Cl. The molecule has 0 saturated heterocycles. The lowest BCUT2D eigenvalue weighted by atomic mass is 9.91. The van der Waals surface area contributed by atoms with Gasteiger partial charge in [-0.25, -0.2) is 0 Å². The van der Waals surface area contributed by atoms with Gasteiger partial charge in [-0.1, -0.05) is 0 Å². The molecule has 0 radical (unpaired) electrons. The highest BCUT2D eigenvalue weighted by molar-refractivity contribution is 5.85. The molecule has 0 aromatic rings. The van der Waals surface area contributed by atoms with Crippen LogP contribution in [0.3, 0.4) is 0 Å². The molecule has 1 saturated carbocycles. The van der Waals surface area contributed by atoms with Gasteiger partial charge in [0.1, 0.15) is 0 Å². The molecule has 0 aromatic heterocycles. The van der Waals surface area contributed by atoms with Crippen LogP contribution in [-0.2, 0) is 0 Å². The largest absolute Gasteiger partial charge is 0.317 e. The molecule has 4 heteroatoms. The van der Waals surface area contributed by atoms with E-state index >= 15 is 0 Å². The second-order valence-corrected chi connectivity index (χ2v) is 3.76. The van der Waals surface area contributed by atoms with Crippen molar-refractivity contribution in [3.8, 4) is 0 Å². The third-order valence-corrected chi connectivity index (χ3v) is 2.84. The predicted octanol–water partition coefficient (Wildman–Crippen LogP) is 1.92. The number of rotatable bonds is 2. The molecule has 0 amide bonds. The molecule has 82 valence electrons. The zero-order chi connectivity index (χ0) is 8.27. The Morgan fingerprint density at radius 1 is 1.00 bits per heavy atom. The first kappa shape index (κ1) is 15.9. The molecule has 1 fully saturated rings. The van der Waals surface area contributed by atoms with Gasteiger partial charge < -0.3 is 10.2 Å². The number of hydrogen-bond acceptors (Lipinski definition) is 2. The molecule has 1 aliphatic rings. The van der Waals surface area contributed by atoms with Crippen LogP contribution in [0, 0.1) is 0 Å². The quantitative estimate of drug-likeness (QED) is 0.778. The van der Waals surface area contributed by atoms with Crippen LogP contribution in [0.1, 0.15) is 25.7 Å². The minimum Gasteiger partial charge on any atom is -0.317 e. The maximum Gasteiger partial charge on any atom is 0.00903 e. The zero-order valence-electron chi connectivity index (χ0n) is 8.75. The highest BCUT2D eigenvalue weighted by Gasteiger charge is 2.20. The van der Waals surface area contributed by atoms with E-state index in [0.717, 1.165) is 12.1 Å². The van der Waals surface area contributed by atoms with Gasteiger partial charge in [0.15, 0.2) is 0 Å². The van der Waals surface area contributed by atoms with Crippen LogP contribution < -0.4 is 5.32 Å². The van der Waals surface area contributed by atoms with Gasteiger partial charge in [0.05, 0.1) is 0 Å². The van der Waals surface area contributed by atoms with Crippen molar-refractivity contribution in [2.45, 2.75) is 37.8 Å². The fourth-order valence-corrected chi connectivity index (χ4v) is 1.88. The van der Waals surface area contributed by atoms with E-state index in [0.29, 0.717) is 0 Å². The summed E-state index contributed by atoms with van der Waals surface area (Å²) in [5.41, 5.74) is 0. The fourth-order valence-electron chi connectivity index (χ4n) is 1.88. The van der Waals surface area contributed by atoms with Gasteiger partial charge in [0.25, 0.3) is 0 Å². The monoisotopic (exact) mass is 228 g/mol. The molecular formula is C9H22Cl2N2. The molecule has 0 bridgehead atoms. The molecule has 0 atom stereocenters. The Balaban J connectivity index is 0. The average Bonchev–Trinajstić information content (AvgIpc) is 2.05. The summed E-state index contributed by atoms with van der Waals surface area (Å²) in [6.45, 7) is 0. The molecule has 1 N–H and O–H groups in total. The molecule has 0 unspecified atom stereocenters. The van der Waals surface area contributed by atoms with Crippen LogP contribution in [-0.4, -0.2) is 38.1 Å². The van der Waals surface area contributed by atoms with E-state index in [9.17, 15) is 0 Å². The number of nitrogens with zero attached hydrogens (tertiary/aromatic N) is 1. The number of halogens is 2. The first-order valence-corrected chi connectivity index (χ1v) is 4.57. The normalized spacial score (nSPS) is 27.7. The van der Waals surface area contributed by atoms with E-state index in [4.69, 9.17) is 0 Å². The fraction of sp³-hybridized carbons (Fsp3) is 1.00. The van der Waals surface area contributed by atoms with Crippen molar-refractivity contribution in [2.24, 2.45) is 0 Å². The average molecular weight is 229 g/mol. The molecule has 2 nitrogen and oxygen atoms in total. The van der Waals surface area contributed by atoms with Crippen LogP contribution in [0.2, 0.25) is 0 Å². The summed E-state index contributed by atoms with van der Waals surface area (Å²) in [4.78, 5) is 2.35. The minimum absolute atomic E-state index is 0. The van der Waals surface area contributed by atoms with Crippen molar-refractivity contribution in [3.05, 3.63) is 0 Å². The maximum atomic E-state index is 3.34. The third kappa shape index (κ3) is 5.06. The summed E-state index contributed by atoms with van der Waals surface area (Å²) in [5, 5.41) is 3.34. The van der Waals surface area contributed by atoms with Crippen LogP contribution in [0.25, 0.3) is 0 Å². The smallest absolute Gasteiger partial charge is 0.00903 e. The first-order chi connectivity index (χ1) is 5.24. The van der Waals surface area contributed by atoms with Crippen LogP contribution >= 0.6 is 24.8 Å². The Hall–Kier alpha value is 0.500. The van der Waals surface area contributed by atoms with Crippen molar-refractivity contribution in [1.29, 1.82) is 0 Å². The summed E-state index contributed by atoms with van der Waals surface area (Å²) in [5.74, 6) is 0. The number of hydrogen-bond donors (Lipinski definition) is 1. The van der Waals surface area contributed by atoms with E-state index in [-0.39, 0.29) is 24.8 Å². The van der Waals surface area contributed by atoms with E-state index in [1.165, 1.54) is 25.7 Å². The van der Waals surface area contributed by atoms with Gasteiger partial charge in [0, 0.05) is 12.1 Å². The Labute approximate surface area is 94.3 Å². The lowest BCUT2D eigenvalue weighted by Crippen LogP contribution is -2.37. The Morgan fingerprint density at radius 3 is 1.77 bits per heavy atom. The van der Waals surface area contributed by atoms with E-state index in [2.05, 4.69) is 31.4 Å². The summed E-state index contributed by atoms with van der Waals surface area (Å²) in [7, 11) is 6.44. The molecule has 13 heavy (non-hydrogen) atoms. The van der Waals surface area contributed by atoms with Crippen LogP contribution in [0.4, 0.5) is 0 Å². The molecule has 0 heterocycles.